The van der Waals surface area contributed by atoms with E-state index in [2.05, 4.69) is 30.6 Å². The smallest absolute Gasteiger partial charge is 0.0446 e. The van der Waals surface area contributed by atoms with Crippen LogP contribution in [0.1, 0.15) is 55.5 Å². The van der Waals surface area contributed by atoms with E-state index in [-0.39, 0.29) is 0 Å². The zero-order valence-corrected chi connectivity index (χ0v) is 11.3. The lowest BCUT2D eigenvalue weighted by Crippen LogP contribution is -2.27. The van der Waals surface area contributed by atoms with Crippen molar-refractivity contribution in [1.82, 2.24) is 5.32 Å². The van der Waals surface area contributed by atoms with Crippen LogP contribution >= 0.6 is 11.3 Å². The van der Waals surface area contributed by atoms with Crippen LogP contribution in [-0.4, -0.2) is 6.54 Å². The first-order chi connectivity index (χ1) is 7.83. The number of nitrogens with one attached hydrogen (secondary N) is 1. The molecule has 0 spiro atoms. The Balaban J connectivity index is 2.10. The summed E-state index contributed by atoms with van der Waals surface area (Å²) >= 11 is 1.93. The summed E-state index contributed by atoms with van der Waals surface area (Å²) in [6.45, 7) is 5.65. The first-order valence-electron chi connectivity index (χ1n) is 6.60. The molecule has 2 rings (SSSR count). The Bertz CT molecular complexity index is 312. The maximum atomic E-state index is 3.76. The van der Waals surface area contributed by atoms with Gasteiger partial charge in [0.15, 0.2) is 0 Å². The minimum Gasteiger partial charge on any atom is -0.309 e. The molecule has 1 unspecified atom stereocenters. The highest BCUT2D eigenvalue weighted by atomic mass is 32.1. The highest BCUT2D eigenvalue weighted by molar-refractivity contribution is 7.10. The molecule has 16 heavy (non-hydrogen) atoms. The van der Waals surface area contributed by atoms with Crippen molar-refractivity contribution in [1.29, 1.82) is 0 Å². The van der Waals surface area contributed by atoms with Gasteiger partial charge in [-0.2, -0.15) is 0 Å². The molecule has 1 N–H and O–H groups in total. The summed E-state index contributed by atoms with van der Waals surface area (Å²) < 4.78 is 0. The number of thiophene rings is 1. The molecule has 0 aliphatic heterocycles. The van der Waals surface area contributed by atoms with Gasteiger partial charge in [0.1, 0.15) is 0 Å². The van der Waals surface area contributed by atoms with Crippen LogP contribution in [0.25, 0.3) is 0 Å². The van der Waals surface area contributed by atoms with Gasteiger partial charge < -0.3 is 5.32 Å². The Kier molecular flexibility index (Phi) is 4.42. The molecule has 0 aromatic carbocycles. The van der Waals surface area contributed by atoms with Gasteiger partial charge in [0, 0.05) is 10.9 Å². The molecule has 1 fully saturated rings. The average molecular weight is 237 g/mol. The fourth-order valence-electron chi connectivity index (χ4n) is 2.77. The van der Waals surface area contributed by atoms with Crippen LogP contribution in [0.2, 0.25) is 0 Å². The third-order valence-corrected chi connectivity index (χ3v) is 4.77. The molecule has 1 aromatic heterocycles. The molecule has 0 saturated heterocycles. The summed E-state index contributed by atoms with van der Waals surface area (Å²) in [4.78, 5) is 1.58. The summed E-state index contributed by atoms with van der Waals surface area (Å²) in [5, 5.41) is 6.00. The van der Waals surface area contributed by atoms with Crippen molar-refractivity contribution in [2.75, 3.05) is 6.54 Å². The maximum absolute atomic E-state index is 3.76. The number of hydrogen-bond donors (Lipinski definition) is 1. The molecule has 0 amide bonds. The van der Waals surface area contributed by atoms with E-state index in [4.69, 9.17) is 0 Å². The third kappa shape index (κ3) is 2.67. The van der Waals surface area contributed by atoms with Gasteiger partial charge in [0.25, 0.3) is 0 Å². The molecule has 2 heteroatoms. The van der Waals surface area contributed by atoms with Gasteiger partial charge in [-0.1, -0.05) is 19.8 Å². The van der Waals surface area contributed by atoms with E-state index < -0.39 is 0 Å². The van der Waals surface area contributed by atoms with Crippen molar-refractivity contribution in [3.63, 3.8) is 0 Å². The van der Waals surface area contributed by atoms with Crippen molar-refractivity contribution in [3.05, 3.63) is 21.9 Å². The summed E-state index contributed by atoms with van der Waals surface area (Å²) in [6, 6.07) is 2.89. The Morgan fingerprint density at radius 1 is 1.44 bits per heavy atom. The molecule has 0 radical (unpaired) electrons. The quantitative estimate of drug-likeness (QED) is 0.805. The Hall–Kier alpha value is -0.340. The summed E-state index contributed by atoms with van der Waals surface area (Å²) in [5.41, 5.74) is 1.48. The Labute approximate surface area is 103 Å². The van der Waals surface area contributed by atoms with Crippen molar-refractivity contribution < 1.29 is 0 Å². The van der Waals surface area contributed by atoms with Crippen molar-refractivity contribution in [2.45, 2.75) is 52.0 Å². The maximum Gasteiger partial charge on any atom is 0.0446 e. The van der Waals surface area contributed by atoms with Crippen LogP contribution in [0.15, 0.2) is 11.4 Å². The lowest BCUT2D eigenvalue weighted by Gasteiger charge is -2.24. The van der Waals surface area contributed by atoms with E-state index >= 15 is 0 Å². The van der Waals surface area contributed by atoms with Gasteiger partial charge in [-0.25, -0.2) is 0 Å². The second kappa shape index (κ2) is 5.83. The zero-order valence-electron chi connectivity index (χ0n) is 10.5. The van der Waals surface area contributed by atoms with Crippen LogP contribution in [0.4, 0.5) is 0 Å². The van der Waals surface area contributed by atoms with Crippen LogP contribution < -0.4 is 5.32 Å². The van der Waals surface area contributed by atoms with E-state index in [1.54, 1.807) is 4.88 Å². The predicted molar refractivity (Wildman–Crippen MR) is 72.0 cm³/mol. The van der Waals surface area contributed by atoms with E-state index in [9.17, 15) is 0 Å². The van der Waals surface area contributed by atoms with Gasteiger partial charge >= 0.3 is 0 Å². The van der Waals surface area contributed by atoms with Gasteiger partial charge in [0.05, 0.1) is 0 Å². The van der Waals surface area contributed by atoms with Crippen LogP contribution in [0.5, 0.6) is 0 Å². The molecular formula is C14H23NS. The van der Waals surface area contributed by atoms with Gasteiger partial charge in [-0.05, 0) is 55.7 Å². The van der Waals surface area contributed by atoms with Gasteiger partial charge in [-0.15, -0.1) is 11.3 Å². The van der Waals surface area contributed by atoms with E-state index in [0.29, 0.717) is 6.04 Å². The number of rotatable bonds is 5. The van der Waals surface area contributed by atoms with Crippen molar-refractivity contribution in [2.24, 2.45) is 5.92 Å². The summed E-state index contributed by atoms with van der Waals surface area (Å²) in [6.07, 6.45) is 6.92. The fourth-order valence-corrected chi connectivity index (χ4v) is 3.86. The molecular weight excluding hydrogens is 214 g/mol. The molecule has 1 atom stereocenters. The first kappa shape index (κ1) is 12.1. The first-order valence-corrected chi connectivity index (χ1v) is 7.48. The van der Waals surface area contributed by atoms with Crippen molar-refractivity contribution >= 4 is 11.3 Å². The topological polar surface area (TPSA) is 12.0 Å². The largest absolute Gasteiger partial charge is 0.309 e. The molecule has 1 aliphatic rings. The van der Waals surface area contributed by atoms with Crippen LogP contribution in [-0.2, 0) is 0 Å². The van der Waals surface area contributed by atoms with Crippen LogP contribution in [0, 0.1) is 12.8 Å². The summed E-state index contributed by atoms with van der Waals surface area (Å²) in [7, 11) is 0. The molecule has 90 valence electrons. The molecule has 1 aromatic rings. The van der Waals surface area contributed by atoms with E-state index in [1.807, 2.05) is 11.3 Å². The average Bonchev–Trinajstić information content (AvgIpc) is 2.91. The lowest BCUT2D eigenvalue weighted by atomic mass is 9.95. The lowest BCUT2D eigenvalue weighted by molar-refractivity contribution is 0.372. The normalized spacial score (nSPS) is 19.1. The molecule has 1 heterocycles. The third-order valence-electron chi connectivity index (χ3n) is 3.67. The number of aryl methyl sites for hydroxylation is 1. The molecule has 1 saturated carbocycles. The second-order valence-corrected chi connectivity index (χ2v) is 5.89. The van der Waals surface area contributed by atoms with Crippen molar-refractivity contribution in [3.8, 4) is 0 Å². The SMILES string of the molecule is CCCNC(c1sccc1C)C1CCCC1. The standard InChI is InChI=1S/C14H23NS/c1-3-9-15-13(12-6-4-5-7-12)14-11(2)8-10-16-14/h8,10,12-13,15H,3-7,9H2,1-2H3. The fraction of sp³-hybridized carbons (Fsp3) is 0.714. The molecule has 0 bridgehead atoms. The zero-order chi connectivity index (χ0) is 11.4. The predicted octanol–water partition coefficient (Wildman–Crippen LogP) is 4.29. The minimum atomic E-state index is 0.627. The monoisotopic (exact) mass is 237 g/mol. The Morgan fingerprint density at radius 2 is 2.19 bits per heavy atom. The molecule has 1 aliphatic carbocycles. The number of hydrogen-bond acceptors (Lipinski definition) is 2. The highest BCUT2D eigenvalue weighted by Gasteiger charge is 2.27. The summed E-state index contributed by atoms with van der Waals surface area (Å²) in [5.74, 6) is 0.879. The van der Waals surface area contributed by atoms with Crippen LogP contribution in [0.3, 0.4) is 0 Å². The molecule has 1 nitrogen and oxygen atoms in total. The highest BCUT2D eigenvalue weighted by Crippen LogP contribution is 2.38. The van der Waals surface area contributed by atoms with Gasteiger partial charge in [0.2, 0.25) is 0 Å². The van der Waals surface area contributed by atoms with E-state index in [0.717, 1.165) is 12.5 Å². The van der Waals surface area contributed by atoms with E-state index in [1.165, 1.54) is 37.7 Å². The Morgan fingerprint density at radius 3 is 2.75 bits per heavy atom. The second-order valence-electron chi connectivity index (χ2n) is 4.94. The minimum absolute atomic E-state index is 0.627. The van der Waals surface area contributed by atoms with Gasteiger partial charge in [-0.3, -0.25) is 0 Å².